The number of benzene rings is 1. The number of unbranched alkanes of at least 4 members (excludes halogenated alkanes) is 1. The van der Waals surface area contributed by atoms with Crippen LogP contribution in [-0.4, -0.2) is 25.9 Å². The van der Waals surface area contributed by atoms with Gasteiger partial charge < -0.3 is 5.11 Å². The fraction of sp³-hybridized carbons (Fsp3) is 0.500. The third-order valence-electron chi connectivity index (χ3n) is 2.65. The monoisotopic (exact) mass is 311 g/mol. The Hall–Kier alpha value is -1.28. The predicted octanol–water partition coefficient (Wildman–Crippen LogP) is 2.53. The quantitative estimate of drug-likeness (QED) is 0.793. The van der Waals surface area contributed by atoms with Crippen LogP contribution in [0.3, 0.4) is 0 Å². The molecule has 1 aromatic rings. The number of aryl methyl sites for hydroxylation is 1. The lowest BCUT2D eigenvalue weighted by Gasteiger charge is -2.13. The smallest absolute Gasteiger partial charge is 0.396 e. The molecule has 0 heterocycles. The van der Waals surface area contributed by atoms with Crippen molar-refractivity contribution in [3.8, 4) is 0 Å². The summed E-state index contributed by atoms with van der Waals surface area (Å²) >= 11 is 0. The van der Waals surface area contributed by atoms with E-state index in [-0.39, 0.29) is 24.5 Å². The standard InChI is InChI=1S/C12H16F3NO3S/c1-9-4-5-10(12(13,14)15)8-11(9)16-20(18,19)7-3-2-6-17/h4-5,8,16-17H,2-3,6-7H2,1H3. The molecular formula is C12H16F3NO3S. The molecule has 0 radical (unpaired) electrons. The van der Waals surface area contributed by atoms with Crippen molar-refractivity contribution in [2.75, 3.05) is 17.1 Å². The van der Waals surface area contributed by atoms with E-state index >= 15 is 0 Å². The molecule has 1 rings (SSSR count). The molecule has 0 bridgehead atoms. The number of halogens is 3. The molecule has 20 heavy (non-hydrogen) atoms. The van der Waals surface area contributed by atoms with E-state index in [0.717, 1.165) is 12.1 Å². The first-order valence-electron chi connectivity index (χ1n) is 5.95. The highest BCUT2D eigenvalue weighted by atomic mass is 32.2. The van der Waals surface area contributed by atoms with Crippen molar-refractivity contribution in [1.29, 1.82) is 0 Å². The molecule has 2 N–H and O–H groups in total. The second-order valence-electron chi connectivity index (χ2n) is 4.38. The van der Waals surface area contributed by atoms with Gasteiger partial charge in [-0.2, -0.15) is 13.2 Å². The highest BCUT2D eigenvalue weighted by Gasteiger charge is 2.31. The summed E-state index contributed by atoms with van der Waals surface area (Å²) in [5.41, 5.74) is -0.580. The summed E-state index contributed by atoms with van der Waals surface area (Å²) in [6.07, 6.45) is -3.96. The zero-order valence-corrected chi connectivity index (χ0v) is 11.7. The molecule has 0 aliphatic heterocycles. The van der Waals surface area contributed by atoms with E-state index in [0.29, 0.717) is 12.0 Å². The Bertz CT molecular complexity index is 556. The molecule has 0 aromatic heterocycles. The molecule has 0 aliphatic carbocycles. The van der Waals surface area contributed by atoms with Crippen molar-refractivity contribution in [2.24, 2.45) is 0 Å². The van der Waals surface area contributed by atoms with Crippen molar-refractivity contribution in [3.63, 3.8) is 0 Å². The Morgan fingerprint density at radius 1 is 1.25 bits per heavy atom. The maximum atomic E-state index is 12.6. The minimum Gasteiger partial charge on any atom is -0.396 e. The molecule has 0 fully saturated rings. The van der Waals surface area contributed by atoms with Crippen molar-refractivity contribution in [1.82, 2.24) is 0 Å². The summed E-state index contributed by atoms with van der Waals surface area (Å²) in [5.74, 6) is -0.247. The van der Waals surface area contributed by atoms with Gasteiger partial charge >= 0.3 is 6.18 Å². The first kappa shape index (κ1) is 16.8. The topological polar surface area (TPSA) is 66.4 Å². The van der Waals surface area contributed by atoms with Gasteiger partial charge in [-0.3, -0.25) is 4.72 Å². The van der Waals surface area contributed by atoms with Gasteiger partial charge in [-0.05, 0) is 37.5 Å². The van der Waals surface area contributed by atoms with Gasteiger partial charge in [-0.1, -0.05) is 6.07 Å². The minimum atomic E-state index is -4.52. The number of aliphatic hydroxyl groups excluding tert-OH is 1. The molecule has 8 heteroatoms. The number of hydrogen-bond donors (Lipinski definition) is 2. The summed E-state index contributed by atoms with van der Waals surface area (Å²) in [6, 6.07) is 2.90. The lowest BCUT2D eigenvalue weighted by molar-refractivity contribution is -0.137. The molecule has 0 saturated heterocycles. The average molecular weight is 311 g/mol. The highest BCUT2D eigenvalue weighted by molar-refractivity contribution is 7.92. The Balaban J connectivity index is 2.91. The van der Waals surface area contributed by atoms with E-state index in [1.165, 1.54) is 13.0 Å². The van der Waals surface area contributed by atoms with Crippen molar-refractivity contribution in [2.45, 2.75) is 25.9 Å². The number of hydrogen-bond acceptors (Lipinski definition) is 3. The lowest BCUT2D eigenvalue weighted by atomic mass is 10.1. The molecule has 0 spiro atoms. The van der Waals surface area contributed by atoms with E-state index in [4.69, 9.17) is 5.11 Å². The summed E-state index contributed by atoms with van der Waals surface area (Å²) in [6.45, 7) is 1.39. The molecule has 0 unspecified atom stereocenters. The van der Waals surface area contributed by atoms with Crippen molar-refractivity contribution < 1.29 is 26.7 Å². The summed E-state index contributed by atoms with van der Waals surface area (Å²) in [7, 11) is -3.72. The summed E-state index contributed by atoms with van der Waals surface area (Å²) in [4.78, 5) is 0. The molecule has 0 atom stereocenters. The van der Waals surface area contributed by atoms with Crippen LogP contribution in [0.2, 0.25) is 0 Å². The zero-order chi connectivity index (χ0) is 15.4. The van der Waals surface area contributed by atoms with Crippen LogP contribution in [0.5, 0.6) is 0 Å². The molecule has 4 nitrogen and oxygen atoms in total. The van der Waals surface area contributed by atoms with E-state index in [1.807, 2.05) is 0 Å². The van der Waals surface area contributed by atoms with Crippen molar-refractivity contribution in [3.05, 3.63) is 29.3 Å². The molecule has 0 saturated carbocycles. The van der Waals surface area contributed by atoms with Crippen LogP contribution in [-0.2, 0) is 16.2 Å². The van der Waals surface area contributed by atoms with Crippen LogP contribution in [0.1, 0.15) is 24.0 Å². The number of aliphatic hydroxyl groups is 1. The maximum absolute atomic E-state index is 12.6. The minimum absolute atomic E-state index is 0.0798. The summed E-state index contributed by atoms with van der Waals surface area (Å²) in [5, 5.41) is 8.58. The van der Waals surface area contributed by atoms with Gasteiger partial charge in [0, 0.05) is 6.61 Å². The van der Waals surface area contributed by atoms with Crippen LogP contribution < -0.4 is 4.72 Å². The van der Waals surface area contributed by atoms with Crippen LogP contribution in [0.4, 0.5) is 18.9 Å². The van der Waals surface area contributed by atoms with E-state index in [2.05, 4.69) is 4.72 Å². The maximum Gasteiger partial charge on any atom is 0.416 e. The molecule has 0 aliphatic rings. The first-order chi connectivity index (χ1) is 9.15. The van der Waals surface area contributed by atoms with Crippen LogP contribution >= 0.6 is 0 Å². The fourth-order valence-corrected chi connectivity index (χ4v) is 2.77. The van der Waals surface area contributed by atoms with Gasteiger partial charge in [0.1, 0.15) is 0 Å². The van der Waals surface area contributed by atoms with E-state index in [1.54, 1.807) is 0 Å². The normalized spacial score (nSPS) is 12.4. The predicted molar refractivity (Wildman–Crippen MR) is 69.9 cm³/mol. The zero-order valence-electron chi connectivity index (χ0n) is 10.9. The Morgan fingerprint density at radius 3 is 2.45 bits per heavy atom. The largest absolute Gasteiger partial charge is 0.416 e. The van der Waals surface area contributed by atoms with Gasteiger partial charge in [-0.15, -0.1) is 0 Å². The van der Waals surface area contributed by atoms with E-state index in [9.17, 15) is 21.6 Å². The number of nitrogens with one attached hydrogen (secondary N) is 1. The van der Waals surface area contributed by atoms with Crippen LogP contribution in [0.25, 0.3) is 0 Å². The number of anilines is 1. The number of rotatable bonds is 6. The third-order valence-corrected chi connectivity index (χ3v) is 4.01. The highest BCUT2D eigenvalue weighted by Crippen LogP contribution is 2.32. The number of sulfonamides is 1. The Kier molecular flexibility index (Phi) is 5.41. The van der Waals surface area contributed by atoms with Gasteiger partial charge in [0.25, 0.3) is 0 Å². The molecule has 0 amide bonds. The van der Waals surface area contributed by atoms with Gasteiger partial charge in [-0.25, -0.2) is 8.42 Å². The first-order valence-corrected chi connectivity index (χ1v) is 7.60. The second kappa shape index (κ2) is 6.45. The van der Waals surface area contributed by atoms with Crippen molar-refractivity contribution >= 4 is 15.7 Å². The van der Waals surface area contributed by atoms with E-state index < -0.39 is 21.8 Å². The van der Waals surface area contributed by atoms with Gasteiger partial charge in [0.15, 0.2) is 0 Å². The Morgan fingerprint density at radius 2 is 1.90 bits per heavy atom. The summed E-state index contributed by atoms with van der Waals surface area (Å²) < 4.78 is 63.3. The van der Waals surface area contributed by atoms with Gasteiger partial charge in [0.05, 0.1) is 17.0 Å². The third kappa shape index (κ3) is 5.01. The number of alkyl halides is 3. The lowest BCUT2D eigenvalue weighted by Crippen LogP contribution is -2.18. The fourth-order valence-electron chi connectivity index (χ4n) is 1.53. The average Bonchev–Trinajstić information content (AvgIpc) is 2.30. The van der Waals surface area contributed by atoms with Crippen LogP contribution in [0, 0.1) is 6.92 Å². The van der Waals surface area contributed by atoms with Gasteiger partial charge in [0.2, 0.25) is 10.0 Å². The SMILES string of the molecule is Cc1ccc(C(F)(F)F)cc1NS(=O)(=O)CCCCO. The van der Waals surface area contributed by atoms with Crippen LogP contribution in [0.15, 0.2) is 18.2 Å². The molecular weight excluding hydrogens is 295 g/mol. The second-order valence-corrected chi connectivity index (χ2v) is 6.22. The Labute approximate surface area is 115 Å². The molecule has 114 valence electrons. The molecule has 1 aromatic carbocycles.